The van der Waals surface area contributed by atoms with Crippen LogP contribution in [-0.2, 0) is 0 Å². The van der Waals surface area contributed by atoms with Gasteiger partial charge in [0, 0.05) is 0 Å². The largest absolute Gasteiger partial charge is 0.240 e. The normalized spacial score (nSPS) is 22.7. The lowest BCUT2D eigenvalue weighted by atomic mass is 9.62. The number of alkyl halides is 2. The Morgan fingerprint density at radius 3 is 0.714 bits per heavy atom. The lowest BCUT2D eigenvalue weighted by molar-refractivity contribution is -0.140. The van der Waals surface area contributed by atoms with Crippen molar-refractivity contribution in [3.05, 3.63) is 0 Å². The first-order valence-electron chi connectivity index (χ1n) is 5.13. The zero-order valence-electron chi connectivity index (χ0n) is 10.8. The summed E-state index contributed by atoms with van der Waals surface area (Å²) in [6.45, 7) is 13.1. The van der Waals surface area contributed by atoms with Crippen LogP contribution < -0.4 is 0 Å². The maximum absolute atomic E-state index is 14.5. The van der Waals surface area contributed by atoms with Crippen LogP contribution in [0, 0.1) is 10.8 Å². The molecule has 0 saturated heterocycles. The van der Waals surface area contributed by atoms with Gasteiger partial charge in [0.2, 0.25) is 0 Å². The van der Waals surface area contributed by atoms with Crippen molar-refractivity contribution in [3.8, 4) is 0 Å². The van der Waals surface area contributed by atoms with Crippen LogP contribution in [0.15, 0.2) is 0 Å². The second-order valence-electron chi connectivity index (χ2n) is 6.51. The van der Waals surface area contributed by atoms with Gasteiger partial charge >= 0.3 is 0 Å². The van der Waals surface area contributed by atoms with Crippen molar-refractivity contribution in [2.24, 2.45) is 10.8 Å². The van der Waals surface area contributed by atoms with E-state index in [1.54, 1.807) is 41.5 Å². The Bertz CT molecular complexity index is 177. The number of hydrogen-bond donors (Lipinski definition) is 0. The van der Waals surface area contributed by atoms with Gasteiger partial charge in [0.25, 0.3) is 0 Å². The van der Waals surface area contributed by atoms with Crippen molar-refractivity contribution >= 4 is 0 Å². The van der Waals surface area contributed by atoms with Gasteiger partial charge in [-0.2, -0.15) is 0 Å². The SMILES string of the molecule is CC(C)(C)C(C)(F)C(C)(F)C(C)(C)C. The predicted molar refractivity (Wildman–Crippen MR) is 57.9 cm³/mol. The lowest BCUT2D eigenvalue weighted by Crippen LogP contribution is -2.58. The van der Waals surface area contributed by atoms with E-state index in [-0.39, 0.29) is 0 Å². The van der Waals surface area contributed by atoms with Crippen LogP contribution >= 0.6 is 0 Å². The molecule has 0 radical (unpaired) electrons. The quantitative estimate of drug-likeness (QED) is 0.591. The van der Waals surface area contributed by atoms with E-state index in [1.165, 1.54) is 13.8 Å². The average molecular weight is 206 g/mol. The molecule has 86 valence electrons. The molecule has 0 amide bonds. The summed E-state index contributed by atoms with van der Waals surface area (Å²) in [6, 6.07) is 0. The van der Waals surface area contributed by atoms with Crippen molar-refractivity contribution in [2.75, 3.05) is 0 Å². The maximum atomic E-state index is 14.5. The van der Waals surface area contributed by atoms with E-state index in [1.807, 2.05) is 0 Å². The minimum atomic E-state index is -1.85. The van der Waals surface area contributed by atoms with Gasteiger partial charge in [0.15, 0.2) is 0 Å². The van der Waals surface area contributed by atoms with E-state index >= 15 is 0 Å². The highest BCUT2D eigenvalue weighted by atomic mass is 19.2. The molecule has 0 bridgehead atoms. The van der Waals surface area contributed by atoms with E-state index in [0.717, 1.165) is 0 Å². The Morgan fingerprint density at radius 1 is 0.500 bits per heavy atom. The van der Waals surface area contributed by atoms with Gasteiger partial charge < -0.3 is 0 Å². The molecule has 0 fully saturated rings. The van der Waals surface area contributed by atoms with Gasteiger partial charge in [-0.05, 0) is 24.7 Å². The van der Waals surface area contributed by atoms with E-state index < -0.39 is 22.2 Å². The summed E-state index contributed by atoms with van der Waals surface area (Å²) in [6.07, 6.45) is 0. The molecule has 0 aromatic carbocycles. The molecule has 2 atom stereocenters. The minimum absolute atomic E-state index is 0.705. The molecular weight excluding hydrogens is 182 g/mol. The first-order chi connectivity index (χ1) is 5.75. The highest BCUT2D eigenvalue weighted by Crippen LogP contribution is 2.51. The molecular formula is C12H24F2. The monoisotopic (exact) mass is 206 g/mol. The number of hydrogen-bond acceptors (Lipinski definition) is 0. The van der Waals surface area contributed by atoms with Crippen molar-refractivity contribution in [1.82, 2.24) is 0 Å². The van der Waals surface area contributed by atoms with E-state index in [2.05, 4.69) is 0 Å². The number of rotatable bonds is 1. The summed E-state index contributed by atoms with van der Waals surface area (Å²) in [5, 5.41) is 0. The molecule has 0 rings (SSSR count). The van der Waals surface area contributed by atoms with Crippen LogP contribution in [0.2, 0.25) is 0 Å². The van der Waals surface area contributed by atoms with Gasteiger partial charge in [0.1, 0.15) is 11.3 Å². The van der Waals surface area contributed by atoms with Gasteiger partial charge in [-0.15, -0.1) is 0 Å². The van der Waals surface area contributed by atoms with Crippen LogP contribution in [0.25, 0.3) is 0 Å². The minimum Gasteiger partial charge on any atom is -0.240 e. The summed E-state index contributed by atoms with van der Waals surface area (Å²) < 4.78 is 29.0. The van der Waals surface area contributed by atoms with Crippen LogP contribution in [0.3, 0.4) is 0 Å². The molecule has 0 spiro atoms. The third-order valence-electron chi connectivity index (χ3n) is 3.70. The summed E-state index contributed by atoms with van der Waals surface area (Å²) in [5.74, 6) is 0. The summed E-state index contributed by atoms with van der Waals surface area (Å²) in [4.78, 5) is 0. The molecule has 0 aliphatic rings. The predicted octanol–water partition coefficient (Wildman–Crippen LogP) is 4.54. The number of halogens is 2. The van der Waals surface area contributed by atoms with Crippen molar-refractivity contribution < 1.29 is 8.78 Å². The summed E-state index contributed by atoms with van der Waals surface area (Å²) in [5.41, 5.74) is -5.11. The Kier molecular flexibility index (Phi) is 3.15. The van der Waals surface area contributed by atoms with Crippen LogP contribution in [-0.4, -0.2) is 11.3 Å². The molecule has 0 nitrogen and oxygen atoms in total. The Hall–Kier alpha value is -0.140. The Labute approximate surface area is 87.1 Å². The fourth-order valence-electron chi connectivity index (χ4n) is 1.41. The maximum Gasteiger partial charge on any atom is 0.147 e. The third-order valence-corrected chi connectivity index (χ3v) is 3.70. The Balaban J connectivity index is 5.30. The molecule has 0 aromatic heterocycles. The van der Waals surface area contributed by atoms with Crippen molar-refractivity contribution in [2.45, 2.75) is 66.7 Å². The topological polar surface area (TPSA) is 0 Å². The first kappa shape index (κ1) is 13.9. The summed E-state index contributed by atoms with van der Waals surface area (Å²) in [7, 11) is 0. The van der Waals surface area contributed by atoms with E-state index in [4.69, 9.17) is 0 Å². The standard InChI is InChI=1S/C12H24F2/c1-9(2,3)11(7,13)12(8,14)10(4,5)6/h1-8H3. The highest BCUT2D eigenvalue weighted by Gasteiger charge is 2.59. The molecule has 0 heterocycles. The van der Waals surface area contributed by atoms with E-state index in [9.17, 15) is 8.78 Å². The Morgan fingerprint density at radius 2 is 0.643 bits per heavy atom. The second-order valence-corrected chi connectivity index (χ2v) is 6.51. The van der Waals surface area contributed by atoms with Crippen LogP contribution in [0.1, 0.15) is 55.4 Å². The fraction of sp³-hybridized carbons (Fsp3) is 1.00. The molecule has 0 aromatic rings. The zero-order valence-corrected chi connectivity index (χ0v) is 10.8. The molecule has 14 heavy (non-hydrogen) atoms. The summed E-state index contributed by atoms with van der Waals surface area (Å²) >= 11 is 0. The smallest absolute Gasteiger partial charge is 0.147 e. The third kappa shape index (κ3) is 1.94. The second kappa shape index (κ2) is 3.18. The van der Waals surface area contributed by atoms with Gasteiger partial charge in [-0.25, -0.2) is 8.78 Å². The lowest BCUT2D eigenvalue weighted by Gasteiger charge is -2.49. The molecule has 2 heteroatoms. The molecule has 2 unspecified atom stereocenters. The van der Waals surface area contributed by atoms with Gasteiger partial charge in [-0.1, -0.05) is 41.5 Å². The van der Waals surface area contributed by atoms with E-state index in [0.29, 0.717) is 0 Å². The van der Waals surface area contributed by atoms with Crippen LogP contribution in [0.4, 0.5) is 8.78 Å². The van der Waals surface area contributed by atoms with Gasteiger partial charge in [-0.3, -0.25) is 0 Å². The average Bonchev–Trinajstić information content (AvgIpc) is 1.81. The molecule has 0 N–H and O–H groups in total. The van der Waals surface area contributed by atoms with Crippen molar-refractivity contribution in [3.63, 3.8) is 0 Å². The molecule has 0 aliphatic carbocycles. The fourth-order valence-corrected chi connectivity index (χ4v) is 1.41. The zero-order chi connectivity index (χ0) is 12.0. The van der Waals surface area contributed by atoms with Crippen molar-refractivity contribution in [1.29, 1.82) is 0 Å². The first-order valence-corrected chi connectivity index (χ1v) is 5.13. The van der Waals surface area contributed by atoms with Gasteiger partial charge in [0.05, 0.1) is 0 Å². The van der Waals surface area contributed by atoms with Crippen LogP contribution in [0.5, 0.6) is 0 Å². The molecule has 0 saturated carbocycles. The molecule has 0 aliphatic heterocycles. The highest BCUT2D eigenvalue weighted by molar-refractivity contribution is 5.07.